The van der Waals surface area contributed by atoms with Crippen molar-refractivity contribution in [3.05, 3.63) is 89.7 Å². The van der Waals surface area contributed by atoms with Crippen LogP contribution in [0.5, 0.6) is 17.2 Å². The third-order valence-corrected chi connectivity index (χ3v) is 6.92. The van der Waals surface area contributed by atoms with Crippen molar-refractivity contribution in [2.45, 2.75) is 20.4 Å². The van der Waals surface area contributed by atoms with Gasteiger partial charge >= 0.3 is 11.9 Å². The van der Waals surface area contributed by atoms with Crippen molar-refractivity contribution in [3.8, 4) is 39.8 Å². The molecule has 5 rings (SSSR count). The van der Waals surface area contributed by atoms with Crippen molar-refractivity contribution in [2.75, 3.05) is 33.4 Å². The summed E-state index contributed by atoms with van der Waals surface area (Å²) in [5.41, 5.74) is 2.62. The van der Waals surface area contributed by atoms with E-state index < -0.39 is 11.9 Å². The van der Waals surface area contributed by atoms with E-state index in [0.717, 1.165) is 11.3 Å². The number of aromatic amines is 1. The maximum absolute atomic E-state index is 11.6. The molecule has 51 heavy (non-hydrogen) atoms. The number of rotatable bonds is 15. The molecule has 0 bridgehead atoms. The molecule has 2 amide bonds. The van der Waals surface area contributed by atoms with Crippen LogP contribution >= 0.6 is 0 Å². The van der Waals surface area contributed by atoms with E-state index in [2.05, 4.69) is 36.4 Å². The Morgan fingerprint density at radius 2 is 1.22 bits per heavy atom. The van der Waals surface area contributed by atoms with E-state index >= 15 is 0 Å². The number of aromatic carboxylic acids is 2. The third-order valence-electron chi connectivity index (χ3n) is 6.92. The zero-order valence-electron chi connectivity index (χ0n) is 28.0. The number of carbonyl (C=O) groups is 4. The maximum atomic E-state index is 11.6. The minimum absolute atomic E-state index is 0.110. The molecule has 0 radical (unpaired) electrons. The van der Waals surface area contributed by atoms with Crippen molar-refractivity contribution >= 4 is 23.8 Å². The van der Waals surface area contributed by atoms with Gasteiger partial charge in [-0.15, -0.1) is 10.2 Å². The molecule has 0 aliphatic carbocycles. The van der Waals surface area contributed by atoms with E-state index in [1.54, 1.807) is 60.3 Å². The van der Waals surface area contributed by atoms with Crippen LogP contribution < -0.4 is 24.8 Å². The van der Waals surface area contributed by atoms with Crippen LogP contribution in [0.1, 0.15) is 40.4 Å². The highest BCUT2D eigenvalue weighted by Crippen LogP contribution is 2.26. The monoisotopic (exact) mass is 700 g/mol. The first kappa shape index (κ1) is 37.0. The molecule has 5 aromatic rings. The summed E-state index contributed by atoms with van der Waals surface area (Å²) >= 11 is 0. The minimum Gasteiger partial charge on any atom is -0.497 e. The number of nitrogens with zero attached hydrogens (tertiary/aromatic N) is 5. The van der Waals surface area contributed by atoms with Crippen molar-refractivity contribution in [1.29, 1.82) is 0 Å². The number of carboxylic acid groups (broad SMARTS) is 2. The molecular weight excluding hydrogens is 664 g/mol. The first-order chi connectivity index (χ1) is 24.5. The largest absolute Gasteiger partial charge is 0.497 e. The molecule has 0 unspecified atom stereocenters. The zero-order valence-corrected chi connectivity index (χ0v) is 28.0. The molecule has 0 fully saturated rings. The first-order valence-corrected chi connectivity index (χ1v) is 15.4. The SMILES string of the molecule is CC(=O)NCCOc1ccc(-c2n[nH]nc2C(=O)O)cc1.COc1ccc(Cn2nnc(C(=O)O)c2-c2ccc(OCCNC(C)=O)cc2)cc1. The number of aromatic nitrogens is 6. The van der Waals surface area contributed by atoms with E-state index in [4.69, 9.17) is 19.3 Å². The fourth-order valence-corrected chi connectivity index (χ4v) is 4.55. The van der Waals surface area contributed by atoms with Crippen LogP contribution in [0, 0.1) is 0 Å². The van der Waals surface area contributed by atoms with Crippen LogP contribution in [0.4, 0.5) is 0 Å². The number of hydrogen-bond donors (Lipinski definition) is 5. The van der Waals surface area contributed by atoms with E-state index in [9.17, 15) is 24.3 Å². The van der Waals surface area contributed by atoms with E-state index in [0.29, 0.717) is 61.2 Å². The number of amides is 2. The summed E-state index contributed by atoms with van der Waals surface area (Å²) in [7, 11) is 1.59. The number of carbonyl (C=O) groups excluding carboxylic acids is 2. The third kappa shape index (κ3) is 10.9. The Morgan fingerprint density at radius 3 is 1.71 bits per heavy atom. The highest BCUT2D eigenvalue weighted by atomic mass is 16.5. The molecule has 0 atom stereocenters. The van der Waals surface area contributed by atoms with Gasteiger partial charge in [-0.05, 0) is 66.2 Å². The van der Waals surface area contributed by atoms with Crippen molar-refractivity contribution in [3.63, 3.8) is 0 Å². The standard InChI is InChI=1S/C21H22N4O5.C13H14N4O4/c1-14(26)22-11-12-30-18-9-5-16(6-10-18)20-19(21(27)28)23-24-25(20)13-15-3-7-17(29-2)8-4-15;1-8(18)14-6-7-21-10-4-2-9(3-5-10)11-12(13(19)20)16-17-15-11/h3-10H,11-13H2,1-2H3,(H,22,26)(H,27,28);2-5H,6-7H2,1H3,(H,14,18)(H,19,20)(H,15,16,17). The molecular formula is C34H36N8O9. The van der Waals surface area contributed by atoms with Gasteiger partial charge in [0, 0.05) is 25.0 Å². The van der Waals surface area contributed by atoms with Gasteiger partial charge < -0.3 is 35.1 Å². The van der Waals surface area contributed by atoms with Gasteiger partial charge in [0.2, 0.25) is 11.8 Å². The summed E-state index contributed by atoms with van der Waals surface area (Å²) in [6.07, 6.45) is 0. The molecule has 0 aliphatic heterocycles. The quantitative estimate of drug-likeness (QED) is 0.0990. The Morgan fingerprint density at radius 1 is 0.706 bits per heavy atom. The highest BCUT2D eigenvalue weighted by molar-refractivity contribution is 5.93. The molecule has 2 heterocycles. The molecule has 3 aromatic carbocycles. The number of hydrogen-bond acceptors (Lipinski definition) is 11. The molecule has 5 N–H and O–H groups in total. The smallest absolute Gasteiger partial charge is 0.358 e. The Labute approximate surface area is 291 Å². The predicted octanol–water partition coefficient (Wildman–Crippen LogP) is 2.90. The van der Waals surface area contributed by atoms with Gasteiger partial charge in [-0.3, -0.25) is 9.59 Å². The van der Waals surface area contributed by atoms with Gasteiger partial charge in [-0.1, -0.05) is 17.3 Å². The topological polar surface area (TPSA) is 233 Å². The highest BCUT2D eigenvalue weighted by Gasteiger charge is 2.21. The Bertz CT molecular complexity index is 1920. The summed E-state index contributed by atoms with van der Waals surface area (Å²) in [5.74, 6) is -0.567. The number of methoxy groups -OCH3 is 1. The van der Waals surface area contributed by atoms with Crippen LogP contribution in [0.2, 0.25) is 0 Å². The summed E-state index contributed by atoms with van der Waals surface area (Å²) in [6.45, 7) is 4.74. The molecule has 2 aromatic heterocycles. The average molecular weight is 701 g/mol. The number of benzene rings is 3. The predicted molar refractivity (Wildman–Crippen MR) is 182 cm³/mol. The van der Waals surface area contributed by atoms with Gasteiger partial charge in [0.1, 0.15) is 41.9 Å². The molecule has 266 valence electrons. The summed E-state index contributed by atoms with van der Waals surface area (Å²) in [6, 6.07) is 21.2. The Kier molecular flexibility index (Phi) is 13.2. The molecule has 0 saturated heterocycles. The molecule has 17 nitrogen and oxygen atoms in total. The second-order valence-corrected chi connectivity index (χ2v) is 10.6. The van der Waals surface area contributed by atoms with Crippen LogP contribution in [0.3, 0.4) is 0 Å². The van der Waals surface area contributed by atoms with E-state index in [-0.39, 0.29) is 28.9 Å². The lowest BCUT2D eigenvalue weighted by atomic mass is 10.1. The van der Waals surface area contributed by atoms with Gasteiger partial charge in [-0.25, -0.2) is 14.3 Å². The molecule has 0 spiro atoms. The molecule has 0 aliphatic rings. The van der Waals surface area contributed by atoms with E-state index in [1.807, 2.05) is 24.3 Å². The van der Waals surface area contributed by atoms with Crippen molar-refractivity contribution in [1.82, 2.24) is 41.0 Å². The maximum Gasteiger partial charge on any atom is 0.358 e. The Hall–Kier alpha value is -6.78. The lowest BCUT2D eigenvalue weighted by molar-refractivity contribution is -0.119. The summed E-state index contributed by atoms with van der Waals surface area (Å²) < 4.78 is 17.7. The lowest BCUT2D eigenvalue weighted by Crippen LogP contribution is -2.25. The van der Waals surface area contributed by atoms with Crippen molar-refractivity contribution in [2.24, 2.45) is 0 Å². The zero-order chi connectivity index (χ0) is 36.8. The average Bonchev–Trinajstić information content (AvgIpc) is 3.78. The van der Waals surface area contributed by atoms with Gasteiger partial charge in [0.25, 0.3) is 0 Å². The van der Waals surface area contributed by atoms with Crippen LogP contribution in [0.25, 0.3) is 22.5 Å². The Balaban J connectivity index is 0.000000244. The second-order valence-electron chi connectivity index (χ2n) is 10.6. The normalized spacial score (nSPS) is 10.3. The van der Waals surface area contributed by atoms with Crippen LogP contribution in [-0.2, 0) is 16.1 Å². The first-order valence-electron chi connectivity index (χ1n) is 15.4. The van der Waals surface area contributed by atoms with Gasteiger partial charge in [0.05, 0.1) is 26.7 Å². The van der Waals surface area contributed by atoms with Crippen LogP contribution in [-0.4, -0.2) is 97.8 Å². The number of carboxylic acids is 2. The number of nitrogens with one attached hydrogen (secondary N) is 3. The van der Waals surface area contributed by atoms with Crippen LogP contribution in [0.15, 0.2) is 72.8 Å². The second kappa shape index (κ2) is 18.1. The van der Waals surface area contributed by atoms with E-state index in [1.165, 1.54) is 13.8 Å². The number of H-pyrrole nitrogens is 1. The van der Waals surface area contributed by atoms with Gasteiger partial charge in [0.15, 0.2) is 11.4 Å². The van der Waals surface area contributed by atoms with Crippen molar-refractivity contribution < 1.29 is 43.6 Å². The summed E-state index contributed by atoms with van der Waals surface area (Å²) in [5, 5.41) is 41.3. The minimum atomic E-state index is -1.15. The van der Waals surface area contributed by atoms with Gasteiger partial charge in [-0.2, -0.15) is 10.3 Å². The fraction of sp³-hybridized carbons (Fsp3) is 0.235. The fourth-order valence-electron chi connectivity index (χ4n) is 4.55. The summed E-state index contributed by atoms with van der Waals surface area (Å²) in [4.78, 5) is 44.2. The molecule has 0 saturated carbocycles. The lowest BCUT2D eigenvalue weighted by Gasteiger charge is -2.10. The number of ether oxygens (including phenoxy) is 3. The molecule has 17 heteroatoms.